The fourth-order valence-electron chi connectivity index (χ4n) is 2.03. The standard InChI is InChI=1S/C18H20FNO2/c1-13-8-9-16(10-14(13)2)22-12-18(21)20(3)11-15-6-4-5-7-17(15)19/h4-10H,11-12H2,1-3H3. The zero-order valence-electron chi connectivity index (χ0n) is 13.1. The summed E-state index contributed by atoms with van der Waals surface area (Å²) in [4.78, 5) is 13.5. The van der Waals surface area contributed by atoms with E-state index in [4.69, 9.17) is 4.74 Å². The van der Waals surface area contributed by atoms with Gasteiger partial charge in [-0.25, -0.2) is 4.39 Å². The highest BCUT2D eigenvalue weighted by Crippen LogP contribution is 2.16. The fourth-order valence-corrected chi connectivity index (χ4v) is 2.03. The summed E-state index contributed by atoms with van der Waals surface area (Å²) < 4.78 is 19.1. The lowest BCUT2D eigenvalue weighted by molar-refractivity contribution is -0.132. The molecule has 3 nitrogen and oxygen atoms in total. The summed E-state index contributed by atoms with van der Waals surface area (Å²) in [5.41, 5.74) is 2.78. The highest BCUT2D eigenvalue weighted by molar-refractivity contribution is 5.77. The van der Waals surface area contributed by atoms with Gasteiger partial charge in [0.1, 0.15) is 11.6 Å². The molecule has 0 bridgehead atoms. The monoisotopic (exact) mass is 301 g/mol. The van der Waals surface area contributed by atoms with E-state index in [1.54, 1.807) is 25.2 Å². The van der Waals surface area contributed by atoms with E-state index < -0.39 is 0 Å². The molecular weight excluding hydrogens is 281 g/mol. The van der Waals surface area contributed by atoms with Crippen LogP contribution >= 0.6 is 0 Å². The Morgan fingerprint density at radius 2 is 1.86 bits per heavy atom. The predicted octanol–water partition coefficient (Wildman–Crippen LogP) is 3.48. The van der Waals surface area contributed by atoms with Gasteiger partial charge in [0, 0.05) is 19.2 Å². The predicted molar refractivity (Wildman–Crippen MR) is 84.3 cm³/mol. The minimum absolute atomic E-state index is 0.0621. The van der Waals surface area contributed by atoms with Crippen LogP contribution in [0, 0.1) is 19.7 Å². The van der Waals surface area contributed by atoms with Crippen LogP contribution in [0.4, 0.5) is 4.39 Å². The first kappa shape index (κ1) is 16.0. The number of nitrogens with zero attached hydrogens (tertiary/aromatic N) is 1. The number of halogens is 1. The lowest BCUT2D eigenvalue weighted by Gasteiger charge is -2.18. The number of likely N-dealkylation sites (N-methyl/N-ethyl adjacent to an activating group) is 1. The summed E-state index contributed by atoms with van der Waals surface area (Å²) in [6.07, 6.45) is 0. The topological polar surface area (TPSA) is 29.5 Å². The maximum atomic E-state index is 13.6. The van der Waals surface area contributed by atoms with Gasteiger partial charge in [0.15, 0.2) is 6.61 Å². The Morgan fingerprint density at radius 3 is 2.55 bits per heavy atom. The second kappa shape index (κ2) is 7.07. The zero-order chi connectivity index (χ0) is 16.1. The molecule has 0 heterocycles. The van der Waals surface area contributed by atoms with Gasteiger partial charge in [-0.3, -0.25) is 4.79 Å². The third-order valence-electron chi connectivity index (χ3n) is 3.63. The highest BCUT2D eigenvalue weighted by atomic mass is 19.1. The maximum absolute atomic E-state index is 13.6. The van der Waals surface area contributed by atoms with Crippen molar-refractivity contribution in [3.63, 3.8) is 0 Å². The van der Waals surface area contributed by atoms with Crippen LogP contribution in [0.1, 0.15) is 16.7 Å². The first-order valence-corrected chi connectivity index (χ1v) is 7.15. The maximum Gasteiger partial charge on any atom is 0.260 e. The molecule has 0 spiro atoms. The van der Waals surface area contributed by atoms with Crippen LogP contribution in [0.5, 0.6) is 5.75 Å². The van der Waals surface area contributed by atoms with Gasteiger partial charge in [-0.05, 0) is 43.2 Å². The minimum Gasteiger partial charge on any atom is -0.484 e. The van der Waals surface area contributed by atoms with Gasteiger partial charge in [0.05, 0.1) is 0 Å². The molecule has 0 aliphatic heterocycles. The zero-order valence-corrected chi connectivity index (χ0v) is 13.1. The largest absolute Gasteiger partial charge is 0.484 e. The molecule has 0 radical (unpaired) electrons. The second-order valence-electron chi connectivity index (χ2n) is 5.38. The summed E-state index contributed by atoms with van der Waals surface area (Å²) in [6, 6.07) is 12.1. The van der Waals surface area contributed by atoms with Crippen molar-refractivity contribution in [2.45, 2.75) is 20.4 Å². The Morgan fingerprint density at radius 1 is 1.14 bits per heavy atom. The summed E-state index contributed by atoms with van der Waals surface area (Å²) in [5.74, 6) is 0.162. The average Bonchev–Trinajstić information content (AvgIpc) is 2.50. The Bertz CT molecular complexity index is 670. The summed E-state index contributed by atoms with van der Waals surface area (Å²) in [7, 11) is 1.64. The molecule has 116 valence electrons. The van der Waals surface area contributed by atoms with E-state index in [0.29, 0.717) is 11.3 Å². The van der Waals surface area contributed by atoms with Crippen molar-refractivity contribution >= 4 is 5.91 Å². The SMILES string of the molecule is Cc1ccc(OCC(=O)N(C)Cc2ccccc2F)cc1C. The van der Waals surface area contributed by atoms with Crippen LogP contribution in [0.2, 0.25) is 0 Å². The molecule has 2 aromatic rings. The molecule has 0 fully saturated rings. The van der Waals surface area contributed by atoms with E-state index >= 15 is 0 Å². The van der Waals surface area contributed by atoms with Gasteiger partial charge >= 0.3 is 0 Å². The molecule has 0 saturated carbocycles. The third-order valence-corrected chi connectivity index (χ3v) is 3.63. The molecule has 22 heavy (non-hydrogen) atoms. The number of carbonyl (C=O) groups is 1. The van der Waals surface area contributed by atoms with E-state index in [9.17, 15) is 9.18 Å². The summed E-state index contributed by atoms with van der Waals surface area (Å²) in [5, 5.41) is 0. The number of hydrogen-bond donors (Lipinski definition) is 0. The van der Waals surface area contributed by atoms with Crippen LogP contribution in [0.3, 0.4) is 0 Å². The molecule has 4 heteroatoms. The van der Waals surface area contributed by atoms with Gasteiger partial charge in [0.2, 0.25) is 0 Å². The van der Waals surface area contributed by atoms with Crippen molar-refractivity contribution in [1.29, 1.82) is 0 Å². The van der Waals surface area contributed by atoms with Crippen molar-refractivity contribution in [1.82, 2.24) is 4.90 Å². The molecule has 0 N–H and O–H groups in total. The number of benzene rings is 2. The van der Waals surface area contributed by atoms with Crippen LogP contribution < -0.4 is 4.74 Å². The molecule has 0 aromatic heterocycles. The van der Waals surface area contributed by atoms with Gasteiger partial charge in [-0.2, -0.15) is 0 Å². The molecule has 0 aliphatic carbocycles. The quantitative estimate of drug-likeness (QED) is 0.846. The van der Waals surface area contributed by atoms with Crippen LogP contribution in [0.15, 0.2) is 42.5 Å². The summed E-state index contributed by atoms with van der Waals surface area (Å²) >= 11 is 0. The van der Waals surface area contributed by atoms with E-state index in [2.05, 4.69) is 0 Å². The minimum atomic E-state index is -0.308. The molecule has 2 rings (SSSR count). The molecule has 2 aromatic carbocycles. The second-order valence-corrected chi connectivity index (χ2v) is 5.38. The average molecular weight is 301 g/mol. The van der Waals surface area contributed by atoms with Crippen LogP contribution in [-0.4, -0.2) is 24.5 Å². The molecular formula is C18H20FNO2. The molecule has 0 saturated heterocycles. The summed E-state index contributed by atoms with van der Waals surface area (Å²) in [6.45, 7) is 4.18. The number of amides is 1. The van der Waals surface area contributed by atoms with Gasteiger partial charge in [-0.15, -0.1) is 0 Å². The Labute approximate surface area is 130 Å². The van der Waals surface area contributed by atoms with Crippen molar-refractivity contribution in [2.75, 3.05) is 13.7 Å². The fraction of sp³-hybridized carbons (Fsp3) is 0.278. The molecule has 0 atom stereocenters. The Hall–Kier alpha value is -2.36. The molecule has 0 unspecified atom stereocenters. The number of rotatable bonds is 5. The normalized spacial score (nSPS) is 10.4. The third kappa shape index (κ3) is 4.07. The van der Waals surface area contributed by atoms with Gasteiger partial charge in [-0.1, -0.05) is 24.3 Å². The van der Waals surface area contributed by atoms with Crippen LogP contribution in [0.25, 0.3) is 0 Å². The number of aryl methyl sites for hydroxylation is 2. The Kier molecular flexibility index (Phi) is 5.15. The molecule has 1 amide bonds. The number of ether oxygens (including phenoxy) is 1. The van der Waals surface area contributed by atoms with Crippen LogP contribution in [-0.2, 0) is 11.3 Å². The van der Waals surface area contributed by atoms with Crippen molar-refractivity contribution < 1.29 is 13.9 Å². The van der Waals surface area contributed by atoms with E-state index in [0.717, 1.165) is 5.56 Å². The van der Waals surface area contributed by atoms with E-state index in [1.165, 1.54) is 16.5 Å². The number of hydrogen-bond acceptors (Lipinski definition) is 2. The van der Waals surface area contributed by atoms with Gasteiger partial charge < -0.3 is 9.64 Å². The Balaban J connectivity index is 1.91. The van der Waals surface area contributed by atoms with E-state index in [-0.39, 0.29) is 24.9 Å². The van der Waals surface area contributed by atoms with Gasteiger partial charge in [0.25, 0.3) is 5.91 Å². The van der Waals surface area contributed by atoms with E-state index in [1.807, 2.05) is 32.0 Å². The lowest BCUT2D eigenvalue weighted by atomic mass is 10.1. The molecule has 0 aliphatic rings. The first-order valence-electron chi connectivity index (χ1n) is 7.15. The first-order chi connectivity index (χ1) is 10.5. The lowest BCUT2D eigenvalue weighted by Crippen LogP contribution is -2.31. The van der Waals surface area contributed by atoms with Crippen molar-refractivity contribution in [3.05, 3.63) is 65.0 Å². The number of carbonyl (C=O) groups excluding carboxylic acids is 1. The van der Waals surface area contributed by atoms with Crippen molar-refractivity contribution in [3.8, 4) is 5.75 Å². The smallest absolute Gasteiger partial charge is 0.260 e. The van der Waals surface area contributed by atoms with Crippen molar-refractivity contribution in [2.24, 2.45) is 0 Å². The highest BCUT2D eigenvalue weighted by Gasteiger charge is 2.12.